The molecule has 2 heterocycles. The molecule has 0 amide bonds. The lowest BCUT2D eigenvalue weighted by molar-refractivity contribution is -0.142. The summed E-state index contributed by atoms with van der Waals surface area (Å²) in [5.41, 5.74) is -3.44. The third-order valence-electron chi connectivity index (χ3n) is 3.88. The van der Waals surface area contributed by atoms with Crippen LogP contribution in [-0.2, 0) is 12.4 Å². The number of fused-ring (bicyclic) bond motifs is 1. The van der Waals surface area contributed by atoms with Gasteiger partial charge in [-0.2, -0.15) is 26.3 Å². The van der Waals surface area contributed by atoms with E-state index < -0.39 is 29.0 Å². The molecular weight excluding hydrogens is 324 g/mol. The molecule has 2 aromatic rings. The first-order valence-corrected chi connectivity index (χ1v) is 7.07. The van der Waals surface area contributed by atoms with Gasteiger partial charge in [0.25, 0.3) is 0 Å². The van der Waals surface area contributed by atoms with Gasteiger partial charge in [0.1, 0.15) is 5.82 Å². The fourth-order valence-corrected chi connectivity index (χ4v) is 2.77. The smallest absolute Gasteiger partial charge is 0.340 e. The van der Waals surface area contributed by atoms with Crippen LogP contribution in [0.1, 0.15) is 42.3 Å². The third-order valence-corrected chi connectivity index (χ3v) is 3.88. The molecule has 2 N–H and O–H groups in total. The summed E-state index contributed by atoms with van der Waals surface area (Å²) in [5, 5.41) is 3.10. The van der Waals surface area contributed by atoms with Crippen LogP contribution >= 0.6 is 0 Å². The highest BCUT2D eigenvalue weighted by atomic mass is 19.4. The molecule has 0 spiro atoms. The Hall–Kier alpha value is -1.77. The number of nitrogens with zero attached hydrogens (tertiary/aromatic N) is 1. The van der Waals surface area contributed by atoms with E-state index in [1.807, 2.05) is 0 Å². The topological polar surface area (TPSA) is 40.7 Å². The standard InChI is InChI=1S/C14H13F6N3/c15-13(16,17)7-5-8(14(18,19)20)11-10(6-7)22-12(23-11)9-3-1-2-4-21-9/h5-6,9,21H,1-4H2,(H,22,23). The van der Waals surface area contributed by atoms with Crippen LogP contribution in [-0.4, -0.2) is 16.5 Å². The molecule has 0 bridgehead atoms. The number of benzene rings is 1. The van der Waals surface area contributed by atoms with Crippen LogP contribution in [0.5, 0.6) is 0 Å². The molecule has 23 heavy (non-hydrogen) atoms. The van der Waals surface area contributed by atoms with Crippen molar-refractivity contribution in [3.8, 4) is 0 Å². The van der Waals surface area contributed by atoms with Crippen molar-refractivity contribution in [3.05, 3.63) is 29.1 Å². The van der Waals surface area contributed by atoms with Crippen LogP contribution in [0.25, 0.3) is 11.0 Å². The fraction of sp³-hybridized carbons (Fsp3) is 0.500. The highest BCUT2D eigenvalue weighted by Crippen LogP contribution is 2.39. The monoisotopic (exact) mass is 337 g/mol. The lowest BCUT2D eigenvalue weighted by Gasteiger charge is -2.21. The summed E-state index contributed by atoms with van der Waals surface area (Å²) in [7, 11) is 0. The zero-order valence-electron chi connectivity index (χ0n) is 11.8. The van der Waals surface area contributed by atoms with E-state index in [0.717, 1.165) is 12.8 Å². The molecule has 1 atom stereocenters. The Morgan fingerprint density at radius 2 is 1.74 bits per heavy atom. The zero-order chi connectivity index (χ0) is 16.8. The maximum atomic E-state index is 13.1. The predicted molar refractivity (Wildman–Crippen MR) is 70.7 cm³/mol. The zero-order valence-corrected chi connectivity index (χ0v) is 11.8. The minimum absolute atomic E-state index is 0.124. The van der Waals surface area contributed by atoms with Gasteiger partial charge in [0, 0.05) is 0 Å². The average molecular weight is 337 g/mol. The van der Waals surface area contributed by atoms with Crippen LogP contribution in [0.4, 0.5) is 26.3 Å². The van der Waals surface area contributed by atoms with Gasteiger partial charge in [-0.25, -0.2) is 4.98 Å². The SMILES string of the molecule is FC(F)(F)c1cc(C(F)(F)F)c2[nH]c(C3CCCCN3)nc2c1. The van der Waals surface area contributed by atoms with Crippen LogP contribution < -0.4 is 5.32 Å². The van der Waals surface area contributed by atoms with E-state index in [2.05, 4.69) is 15.3 Å². The van der Waals surface area contributed by atoms with Gasteiger partial charge in [0.05, 0.1) is 28.2 Å². The molecule has 1 saturated heterocycles. The van der Waals surface area contributed by atoms with E-state index in [-0.39, 0.29) is 23.4 Å². The molecule has 1 fully saturated rings. The van der Waals surface area contributed by atoms with Gasteiger partial charge in [-0.1, -0.05) is 6.42 Å². The largest absolute Gasteiger partial charge is 0.418 e. The van der Waals surface area contributed by atoms with Crippen molar-refractivity contribution in [3.63, 3.8) is 0 Å². The number of nitrogens with one attached hydrogen (secondary N) is 2. The Labute approximate surface area is 127 Å². The maximum absolute atomic E-state index is 13.1. The summed E-state index contributed by atoms with van der Waals surface area (Å²) in [6, 6.07) is 0.498. The first-order valence-electron chi connectivity index (χ1n) is 7.07. The van der Waals surface area contributed by atoms with Gasteiger partial charge in [-0.15, -0.1) is 0 Å². The second kappa shape index (κ2) is 5.40. The summed E-state index contributed by atoms with van der Waals surface area (Å²) in [6.07, 6.45) is -7.26. The molecule has 1 aliphatic heterocycles. The minimum atomic E-state index is -4.90. The van der Waals surface area contributed by atoms with Crippen molar-refractivity contribution in [1.82, 2.24) is 15.3 Å². The molecule has 3 nitrogen and oxygen atoms in total. The summed E-state index contributed by atoms with van der Waals surface area (Å²) in [6.45, 7) is 0.696. The number of hydrogen-bond donors (Lipinski definition) is 2. The predicted octanol–water partition coefficient (Wildman–Crippen LogP) is 4.42. The highest BCUT2D eigenvalue weighted by molar-refractivity contribution is 5.80. The van der Waals surface area contributed by atoms with Gasteiger partial charge in [0.2, 0.25) is 0 Å². The summed E-state index contributed by atoms with van der Waals surface area (Å²) in [4.78, 5) is 6.52. The van der Waals surface area contributed by atoms with Gasteiger partial charge < -0.3 is 10.3 Å². The van der Waals surface area contributed by atoms with Crippen molar-refractivity contribution in [2.24, 2.45) is 0 Å². The first kappa shape index (κ1) is 16.1. The summed E-state index contributed by atoms with van der Waals surface area (Å²) in [5.74, 6) is 0.240. The average Bonchev–Trinajstić information content (AvgIpc) is 2.89. The van der Waals surface area contributed by atoms with E-state index in [1.165, 1.54) is 0 Å². The van der Waals surface area contributed by atoms with Gasteiger partial charge in [-0.05, 0) is 31.5 Å². The van der Waals surface area contributed by atoms with Crippen LogP contribution in [0, 0.1) is 0 Å². The van der Waals surface area contributed by atoms with Crippen LogP contribution in [0.15, 0.2) is 12.1 Å². The Kier molecular flexibility index (Phi) is 3.78. The van der Waals surface area contributed by atoms with Crippen molar-refractivity contribution in [2.75, 3.05) is 6.54 Å². The number of imidazole rings is 1. The molecule has 3 rings (SSSR count). The Balaban J connectivity index is 2.15. The molecular formula is C14H13F6N3. The minimum Gasteiger partial charge on any atom is -0.340 e. The van der Waals surface area contributed by atoms with Gasteiger partial charge >= 0.3 is 12.4 Å². The molecule has 126 valence electrons. The van der Waals surface area contributed by atoms with Gasteiger partial charge in [-0.3, -0.25) is 0 Å². The number of halogens is 6. The molecule has 0 aliphatic carbocycles. The Bertz CT molecular complexity index is 710. The fourth-order valence-electron chi connectivity index (χ4n) is 2.77. The molecule has 9 heteroatoms. The molecule has 1 aliphatic rings. The molecule has 1 unspecified atom stereocenters. The summed E-state index contributed by atoms with van der Waals surface area (Å²) >= 11 is 0. The van der Waals surface area contributed by atoms with Gasteiger partial charge in [0.15, 0.2) is 0 Å². The van der Waals surface area contributed by atoms with E-state index >= 15 is 0 Å². The number of aromatic amines is 1. The number of piperidine rings is 1. The van der Waals surface area contributed by atoms with E-state index in [9.17, 15) is 26.3 Å². The van der Waals surface area contributed by atoms with E-state index in [1.54, 1.807) is 0 Å². The molecule has 0 radical (unpaired) electrons. The highest BCUT2D eigenvalue weighted by Gasteiger charge is 2.39. The van der Waals surface area contributed by atoms with Crippen molar-refractivity contribution < 1.29 is 26.3 Å². The lowest BCUT2D eigenvalue weighted by atomic mass is 10.0. The Morgan fingerprint density at radius 1 is 1.00 bits per heavy atom. The quantitative estimate of drug-likeness (QED) is 0.757. The number of aromatic nitrogens is 2. The van der Waals surface area contributed by atoms with Crippen LogP contribution in [0.2, 0.25) is 0 Å². The van der Waals surface area contributed by atoms with E-state index in [4.69, 9.17) is 0 Å². The molecule has 1 aromatic heterocycles. The molecule has 1 aromatic carbocycles. The van der Waals surface area contributed by atoms with Crippen molar-refractivity contribution in [2.45, 2.75) is 37.7 Å². The van der Waals surface area contributed by atoms with Crippen molar-refractivity contribution in [1.29, 1.82) is 0 Å². The third kappa shape index (κ3) is 3.15. The second-order valence-corrected chi connectivity index (χ2v) is 5.54. The van der Waals surface area contributed by atoms with E-state index in [0.29, 0.717) is 19.0 Å². The molecule has 0 saturated carbocycles. The van der Waals surface area contributed by atoms with Crippen LogP contribution in [0.3, 0.4) is 0 Å². The summed E-state index contributed by atoms with van der Waals surface area (Å²) < 4.78 is 77.8. The lowest BCUT2D eigenvalue weighted by Crippen LogP contribution is -2.27. The maximum Gasteiger partial charge on any atom is 0.418 e. The number of H-pyrrole nitrogens is 1. The number of rotatable bonds is 1. The normalized spacial score (nSPS) is 20.2. The Morgan fingerprint density at radius 3 is 2.30 bits per heavy atom. The number of alkyl halides is 6. The first-order chi connectivity index (χ1) is 10.7. The van der Waals surface area contributed by atoms with Crippen molar-refractivity contribution >= 4 is 11.0 Å². The second-order valence-electron chi connectivity index (χ2n) is 5.54. The number of hydrogen-bond acceptors (Lipinski definition) is 2.